The number of nitrogens with zero attached hydrogens (tertiary/aromatic N) is 3. The second-order valence-electron chi connectivity index (χ2n) is 5.06. The zero-order chi connectivity index (χ0) is 16.7. The Morgan fingerprint density at radius 3 is 2.39 bits per heavy atom. The molecule has 0 saturated heterocycles. The summed E-state index contributed by atoms with van der Waals surface area (Å²) in [7, 11) is 0. The van der Waals surface area contributed by atoms with Gasteiger partial charge in [-0.15, -0.1) is 0 Å². The predicted octanol–water partition coefficient (Wildman–Crippen LogP) is 2.43. The minimum absolute atomic E-state index is 0.259. The molecule has 6 heteroatoms. The van der Waals surface area contributed by atoms with Gasteiger partial charge in [0, 0.05) is 19.6 Å². The SMILES string of the molecule is CCN(CC)c1cnc(C(=O)NCCc2ccc(F)cc2)cn1. The number of anilines is 1. The molecular formula is C17H21FN4O. The van der Waals surface area contributed by atoms with Crippen LogP contribution >= 0.6 is 0 Å². The molecule has 2 rings (SSSR count). The number of hydrogen-bond donors (Lipinski definition) is 1. The van der Waals surface area contributed by atoms with E-state index in [2.05, 4.69) is 20.2 Å². The van der Waals surface area contributed by atoms with E-state index in [1.807, 2.05) is 13.8 Å². The van der Waals surface area contributed by atoms with Crippen molar-refractivity contribution in [3.05, 3.63) is 53.7 Å². The van der Waals surface area contributed by atoms with E-state index in [-0.39, 0.29) is 11.7 Å². The Morgan fingerprint density at radius 2 is 1.83 bits per heavy atom. The lowest BCUT2D eigenvalue weighted by Gasteiger charge is -2.18. The third-order valence-electron chi connectivity index (χ3n) is 3.57. The van der Waals surface area contributed by atoms with E-state index < -0.39 is 0 Å². The lowest BCUT2D eigenvalue weighted by Crippen LogP contribution is -2.27. The summed E-state index contributed by atoms with van der Waals surface area (Å²) in [4.78, 5) is 22.5. The Morgan fingerprint density at radius 1 is 1.13 bits per heavy atom. The summed E-state index contributed by atoms with van der Waals surface area (Å²) < 4.78 is 12.8. The van der Waals surface area contributed by atoms with Gasteiger partial charge in [-0.05, 0) is 38.0 Å². The van der Waals surface area contributed by atoms with Crippen molar-refractivity contribution in [2.45, 2.75) is 20.3 Å². The quantitative estimate of drug-likeness (QED) is 0.852. The molecule has 1 heterocycles. The van der Waals surface area contributed by atoms with Gasteiger partial charge in [-0.1, -0.05) is 12.1 Å². The van der Waals surface area contributed by atoms with Gasteiger partial charge in [0.1, 0.15) is 17.3 Å². The zero-order valence-corrected chi connectivity index (χ0v) is 13.4. The van der Waals surface area contributed by atoms with E-state index in [1.165, 1.54) is 18.3 Å². The lowest BCUT2D eigenvalue weighted by atomic mass is 10.1. The van der Waals surface area contributed by atoms with Crippen molar-refractivity contribution < 1.29 is 9.18 Å². The maximum absolute atomic E-state index is 12.8. The number of halogens is 1. The van der Waals surface area contributed by atoms with Crippen LogP contribution < -0.4 is 10.2 Å². The number of aromatic nitrogens is 2. The second-order valence-corrected chi connectivity index (χ2v) is 5.06. The maximum Gasteiger partial charge on any atom is 0.271 e. The van der Waals surface area contributed by atoms with Crippen LogP contribution in [0.25, 0.3) is 0 Å². The minimum Gasteiger partial charge on any atom is -0.356 e. The molecule has 0 bridgehead atoms. The molecule has 1 aromatic heterocycles. The molecule has 0 aliphatic rings. The molecule has 1 N–H and O–H groups in total. The van der Waals surface area contributed by atoms with E-state index >= 15 is 0 Å². The smallest absolute Gasteiger partial charge is 0.271 e. The molecule has 0 unspecified atom stereocenters. The lowest BCUT2D eigenvalue weighted by molar-refractivity contribution is 0.0949. The molecule has 0 spiro atoms. The normalized spacial score (nSPS) is 10.4. The minimum atomic E-state index is -0.263. The van der Waals surface area contributed by atoms with Crippen LogP contribution in [-0.4, -0.2) is 35.5 Å². The van der Waals surface area contributed by atoms with Gasteiger partial charge in [-0.2, -0.15) is 0 Å². The third-order valence-corrected chi connectivity index (χ3v) is 3.57. The van der Waals surface area contributed by atoms with Crippen LogP contribution in [-0.2, 0) is 6.42 Å². The number of amides is 1. The monoisotopic (exact) mass is 316 g/mol. The first-order valence-corrected chi connectivity index (χ1v) is 7.73. The van der Waals surface area contributed by atoms with Crippen LogP contribution in [0.4, 0.5) is 10.2 Å². The highest BCUT2D eigenvalue weighted by Crippen LogP contribution is 2.08. The number of rotatable bonds is 7. The summed E-state index contributed by atoms with van der Waals surface area (Å²) in [6, 6.07) is 6.24. The zero-order valence-electron chi connectivity index (χ0n) is 13.4. The fourth-order valence-electron chi connectivity index (χ4n) is 2.21. The summed E-state index contributed by atoms with van der Waals surface area (Å²) in [5, 5.41) is 2.79. The number of carbonyl (C=O) groups is 1. The molecule has 0 fully saturated rings. The fraction of sp³-hybridized carbons (Fsp3) is 0.353. The van der Waals surface area contributed by atoms with Crippen LogP contribution in [0.1, 0.15) is 29.9 Å². The first-order chi connectivity index (χ1) is 11.1. The molecule has 122 valence electrons. The average molecular weight is 316 g/mol. The molecule has 0 radical (unpaired) electrons. The van der Waals surface area contributed by atoms with Gasteiger partial charge in [0.2, 0.25) is 0 Å². The molecule has 0 aliphatic heterocycles. The molecule has 23 heavy (non-hydrogen) atoms. The first-order valence-electron chi connectivity index (χ1n) is 7.73. The Labute approximate surface area is 135 Å². The van der Waals surface area contributed by atoms with Gasteiger partial charge in [-0.25, -0.2) is 14.4 Å². The standard InChI is InChI=1S/C17H21FN4O/c1-3-22(4-2)16-12-20-15(11-21-16)17(23)19-10-9-13-5-7-14(18)8-6-13/h5-8,11-12H,3-4,9-10H2,1-2H3,(H,19,23). The Kier molecular flexibility index (Phi) is 6.02. The van der Waals surface area contributed by atoms with Crippen molar-refractivity contribution in [2.75, 3.05) is 24.5 Å². The summed E-state index contributed by atoms with van der Waals surface area (Å²) in [6.07, 6.45) is 3.74. The van der Waals surface area contributed by atoms with Crippen molar-refractivity contribution >= 4 is 11.7 Å². The summed E-state index contributed by atoms with van der Waals surface area (Å²) in [6.45, 7) is 6.23. The van der Waals surface area contributed by atoms with E-state index in [1.54, 1.807) is 18.3 Å². The second kappa shape index (κ2) is 8.22. The first kappa shape index (κ1) is 16.9. The third kappa shape index (κ3) is 4.74. The largest absolute Gasteiger partial charge is 0.356 e. The molecule has 1 amide bonds. The maximum atomic E-state index is 12.8. The van der Waals surface area contributed by atoms with Crippen molar-refractivity contribution in [3.63, 3.8) is 0 Å². The van der Waals surface area contributed by atoms with E-state index in [0.717, 1.165) is 24.5 Å². The van der Waals surface area contributed by atoms with Crippen LogP contribution in [0.5, 0.6) is 0 Å². The Bertz CT molecular complexity index is 624. The van der Waals surface area contributed by atoms with Gasteiger partial charge in [0.05, 0.1) is 12.4 Å². The van der Waals surface area contributed by atoms with Crippen molar-refractivity contribution in [3.8, 4) is 0 Å². The van der Waals surface area contributed by atoms with E-state index in [4.69, 9.17) is 0 Å². The van der Waals surface area contributed by atoms with Gasteiger partial charge >= 0.3 is 0 Å². The molecule has 0 aliphatic carbocycles. The molecule has 2 aromatic rings. The number of benzene rings is 1. The van der Waals surface area contributed by atoms with Crippen molar-refractivity contribution in [2.24, 2.45) is 0 Å². The van der Waals surface area contributed by atoms with Crippen LogP contribution in [0, 0.1) is 5.82 Å². The van der Waals surface area contributed by atoms with Crippen LogP contribution in [0.3, 0.4) is 0 Å². The molecule has 5 nitrogen and oxygen atoms in total. The predicted molar refractivity (Wildman–Crippen MR) is 88.0 cm³/mol. The van der Waals surface area contributed by atoms with Crippen molar-refractivity contribution in [1.29, 1.82) is 0 Å². The number of carbonyl (C=O) groups excluding carboxylic acids is 1. The summed E-state index contributed by atoms with van der Waals surface area (Å²) in [5.74, 6) is 0.241. The average Bonchev–Trinajstić information content (AvgIpc) is 2.58. The van der Waals surface area contributed by atoms with Gasteiger partial charge < -0.3 is 10.2 Å². The van der Waals surface area contributed by atoms with E-state index in [0.29, 0.717) is 18.7 Å². The Hall–Kier alpha value is -2.50. The van der Waals surface area contributed by atoms with Gasteiger partial charge in [0.25, 0.3) is 5.91 Å². The number of hydrogen-bond acceptors (Lipinski definition) is 4. The Balaban J connectivity index is 1.86. The summed E-state index contributed by atoms with van der Waals surface area (Å²) in [5.41, 5.74) is 1.26. The van der Waals surface area contributed by atoms with Gasteiger partial charge in [0.15, 0.2) is 0 Å². The van der Waals surface area contributed by atoms with Crippen LogP contribution in [0.2, 0.25) is 0 Å². The molecular weight excluding hydrogens is 295 g/mol. The summed E-state index contributed by atoms with van der Waals surface area (Å²) >= 11 is 0. The van der Waals surface area contributed by atoms with Crippen molar-refractivity contribution in [1.82, 2.24) is 15.3 Å². The molecule has 1 aromatic carbocycles. The molecule has 0 saturated carbocycles. The van der Waals surface area contributed by atoms with Crippen LogP contribution in [0.15, 0.2) is 36.7 Å². The topological polar surface area (TPSA) is 58.1 Å². The highest BCUT2D eigenvalue weighted by Gasteiger charge is 2.09. The highest BCUT2D eigenvalue weighted by atomic mass is 19.1. The highest BCUT2D eigenvalue weighted by molar-refractivity contribution is 5.92. The van der Waals surface area contributed by atoms with E-state index in [9.17, 15) is 9.18 Å². The molecule has 0 atom stereocenters. The fourth-order valence-corrected chi connectivity index (χ4v) is 2.21. The number of nitrogens with one attached hydrogen (secondary N) is 1. The van der Waals surface area contributed by atoms with Gasteiger partial charge in [-0.3, -0.25) is 4.79 Å².